The van der Waals surface area contributed by atoms with Crippen LogP contribution in [0.1, 0.15) is 45.5 Å². The number of hydrogen-bond acceptors (Lipinski definition) is 3. The Balaban J connectivity index is 1.40. The van der Waals surface area contributed by atoms with Crippen LogP contribution < -0.4 is 0 Å². The summed E-state index contributed by atoms with van der Waals surface area (Å²) in [5, 5.41) is 10.4. The minimum absolute atomic E-state index is 0.0314. The largest absolute Gasteiger partial charge is 0.507 e. The summed E-state index contributed by atoms with van der Waals surface area (Å²) >= 11 is 0. The van der Waals surface area contributed by atoms with Gasteiger partial charge in [-0.3, -0.25) is 9.69 Å². The van der Waals surface area contributed by atoms with E-state index in [1.54, 1.807) is 0 Å². The molecule has 1 heterocycles. The first-order valence-corrected chi connectivity index (χ1v) is 10.0. The highest BCUT2D eigenvalue weighted by molar-refractivity contribution is 5.97. The molecule has 0 unspecified atom stereocenters. The number of hydrogen-bond donors (Lipinski definition) is 1. The maximum Gasteiger partial charge on any atom is 0.257 e. The molecule has 0 radical (unpaired) electrons. The van der Waals surface area contributed by atoms with Gasteiger partial charge in [0.05, 0.1) is 5.56 Å². The van der Waals surface area contributed by atoms with Crippen molar-refractivity contribution in [2.75, 3.05) is 26.2 Å². The van der Waals surface area contributed by atoms with Gasteiger partial charge in [0.25, 0.3) is 5.91 Å². The minimum atomic E-state index is -0.0314. The van der Waals surface area contributed by atoms with Crippen LogP contribution in [0.4, 0.5) is 0 Å². The van der Waals surface area contributed by atoms with Crippen LogP contribution in [0.25, 0.3) is 0 Å². The molecule has 0 bridgehead atoms. The van der Waals surface area contributed by atoms with Crippen molar-refractivity contribution in [3.8, 4) is 5.75 Å². The molecule has 27 heavy (non-hydrogen) atoms. The quantitative estimate of drug-likeness (QED) is 0.906. The summed E-state index contributed by atoms with van der Waals surface area (Å²) in [6.45, 7) is 6.19. The Kier molecular flexibility index (Phi) is 5.17. The van der Waals surface area contributed by atoms with Gasteiger partial charge in [-0.1, -0.05) is 29.8 Å². The average Bonchev–Trinajstić information content (AvgIpc) is 2.67. The minimum Gasteiger partial charge on any atom is -0.507 e. The molecule has 0 aromatic heterocycles. The number of amides is 1. The monoisotopic (exact) mass is 364 g/mol. The van der Waals surface area contributed by atoms with E-state index in [1.165, 1.54) is 35.1 Å². The van der Waals surface area contributed by atoms with Crippen molar-refractivity contribution in [3.63, 3.8) is 0 Å². The molecule has 1 saturated heterocycles. The zero-order chi connectivity index (χ0) is 18.8. The Morgan fingerprint density at radius 2 is 1.70 bits per heavy atom. The molecule has 142 valence electrons. The predicted octanol–water partition coefficient (Wildman–Crippen LogP) is 3.54. The number of benzene rings is 2. The zero-order valence-electron chi connectivity index (χ0n) is 16.1. The summed E-state index contributed by atoms with van der Waals surface area (Å²) < 4.78 is 0. The first-order chi connectivity index (χ1) is 13.1. The van der Waals surface area contributed by atoms with Crippen LogP contribution >= 0.6 is 0 Å². The summed E-state index contributed by atoms with van der Waals surface area (Å²) in [5.74, 6) is 0.110. The van der Waals surface area contributed by atoms with Gasteiger partial charge >= 0.3 is 0 Å². The van der Waals surface area contributed by atoms with Crippen LogP contribution in [-0.2, 0) is 19.4 Å². The molecule has 1 N–H and O–H groups in total. The highest BCUT2D eigenvalue weighted by Gasteiger charge is 2.25. The summed E-state index contributed by atoms with van der Waals surface area (Å²) in [4.78, 5) is 17.2. The molecule has 0 spiro atoms. The molecule has 1 fully saturated rings. The van der Waals surface area contributed by atoms with Crippen molar-refractivity contribution in [2.45, 2.75) is 39.2 Å². The van der Waals surface area contributed by atoms with Gasteiger partial charge in [0, 0.05) is 32.7 Å². The van der Waals surface area contributed by atoms with Crippen molar-refractivity contribution in [3.05, 3.63) is 64.2 Å². The maximum atomic E-state index is 13.0. The van der Waals surface area contributed by atoms with Gasteiger partial charge in [0.15, 0.2) is 0 Å². The lowest BCUT2D eigenvalue weighted by Gasteiger charge is -2.35. The molecule has 1 amide bonds. The third kappa shape index (κ3) is 4.01. The summed E-state index contributed by atoms with van der Waals surface area (Å²) in [6.07, 6.45) is 4.36. The van der Waals surface area contributed by atoms with Crippen molar-refractivity contribution >= 4 is 5.91 Å². The molecule has 0 atom stereocenters. The second kappa shape index (κ2) is 7.73. The van der Waals surface area contributed by atoms with Gasteiger partial charge in [0.1, 0.15) is 5.75 Å². The number of phenolic OH excluding ortho intramolecular Hbond substituents is 1. The number of piperazine rings is 1. The Hall–Kier alpha value is -2.33. The van der Waals surface area contributed by atoms with Crippen molar-refractivity contribution in [1.29, 1.82) is 0 Å². The number of rotatable bonds is 3. The van der Waals surface area contributed by atoms with Gasteiger partial charge in [0.2, 0.25) is 0 Å². The number of nitrogens with zero attached hydrogens (tertiary/aromatic N) is 2. The van der Waals surface area contributed by atoms with Crippen molar-refractivity contribution < 1.29 is 9.90 Å². The van der Waals surface area contributed by atoms with E-state index < -0.39 is 0 Å². The van der Waals surface area contributed by atoms with Gasteiger partial charge in [-0.15, -0.1) is 0 Å². The molecule has 0 saturated carbocycles. The molecule has 4 nitrogen and oxygen atoms in total. The standard InChI is InChI=1S/C23H28N2O2/c1-17-5-4-6-18(13-17)16-24-9-11-25(12-10-24)23(27)21-14-19-7-2-3-8-20(19)15-22(21)26/h4-6,13-15,26H,2-3,7-12,16H2,1H3. The molecule has 2 aliphatic rings. The number of carbonyl (C=O) groups excluding carboxylic acids is 1. The van der Waals surface area contributed by atoms with Gasteiger partial charge < -0.3 is 10.0 Å². The van der Waals surface area contributed by atoms with Gasteiger partial charge in [-0.2, -0.15) is 0 Å². The molecule has 1 aliphatic heterocycles. The molecule has 2 aromatic rings. The fourth-order valence-electron chi connectivity index (χ4n) is 4.29. The van der Waals surface area contributed by atoms with E-state index in [-0.39, 0.29) is 11.7 Å². The molecular formula is C23H28N2O2. The van der Waals surface area contributed by atoms with E-state index in [9.17, 15) is 9.90 Å². The third-order valence-corrected chi connectivity index (χ3v) is 5.84. The number of aryl methyl sites for hydroxylation is 3. The molecule has 2 aromatic carbocycles. The van der Waals surface area contributed by atoms with E-state index in [0.29, 0.717) is 18.7 Å². The molecule has 4 rings (SSSR count). The topological polar surface area (TPSA) is 43.8 Å². The number of phenols is 1. The summed E-state index contributed by atoms with van der Waals surface area (Å²) in [7, 11) is 0. The first-order valence-electron chi connectivity index (χ1n) is 10.0. The number of aromatic hydroxyl groups is 1. The van der Waals surface area contributed by atoms with Gasteiger partial charge in [-0.05, 0) is 61.4 Å². The third-order valence-electron chi connectivity index (χ3n) is 5.84. The lowest BCUT2D eigenvalue weighted by molar-refractivity contribution is 0.0625. The number of fused-ring (bicyclic) bond motifs is 1. The van der Waals surface area contributed by atoms with Crippen LogP contribution in [0, 0.1) is 6.92 Å². The summed E-state index contributed by atoms with van der Waals surface area (Å²) in [6, 6.07) is 12.4. The Labute approximate surface area is 161 Å². The second-order valence-corrected chi connectivity index (χ2v) is 7.90. The first kappa shape index (κ1) is 18.1. The number of carbonyl (C=O) groups is 1. The van der Waals surface area contributed by atoms with Crippen LogP contribution in [-0.4, -0.2) is 47.0 Å². The lowest BCUT2D eigenvalue weighted by atomic mass is 9.89. The zero-order valence-corrected chi connectivity index (χ0v) is 16.1. The van der Waals surface area contributed by atoms with E-state index in [2.05, 4.69) is 36.1 Å². The Morgan fingerprint density at radius 1 is 1.00 bits per heavy atom. The smallest absolute Gasteiger partial charge is 0.257 e. The lowest BCUT2D eigenvalue weighted by Crippen LogP contribution is -2.48. The SMILES string of the molecule is Cc1cccc(CN2CCN(C(=O)c3cc4c(cc3O)CCCC4)CC2)c1. The van der Waals surface area contributed by atoms with Gasteiger partial charge in [-0.25, -0.2) is 0 Å². The van der Waals surface area contributed by atoms with E-state index in [0.717, 1.165) is 32.5 Å². The van der Waals surface area contributed by atoms with E-state index in [1.807, 2.05) is 17.0 Å². The van der Waals surface area contributed by atoms with Crippen LogP contribution in [0.2, 0.25) is 0 Å². The molecule has 4 heteroatoms. The maximum absolute atomic E-state index is 13.0. The van der Waals surface area contributed by atoms with Crippen LogP contribution in [0.5, 0.6) is 5.75 Å². The van der Waals surface area contributed by atoms with Crippen LogP contribution in [0.15, 0.2) is 36.4 Å². The molecule has 1 aliphatic carbocycles. The average molecular weight is 364 g/mol. The fraction of sp³-hybridized carbons (Fsp3) is 0.435. The highest BCUT2D eigenvalue weighted by atomic mass is 16.3. The predicted molar refractivity (Wildman–Crippen MR) is 107 cm³/mol. The van der Waals surface area contributed by atoms with Crippen molar-refractivity contribution in [2.24, 2.45) is 0 Å². The second-order valence-electron chi connectivity index (χ2n) is 7.90. The van der Waals surface area contributed by atoms with E-state index in [4.69, 9.17) is 0 Å². The fourth-order valence-corrected chi connectivity index (χ4v) is 4.29. The normalized spacial score (nSPS) is 17.6. The summed E-state index contributed by atoms with van der Waals surface area (Å²) in [5.41, 5.74) is 5.52. The Bertz CT molecular complexity index is 838. The van der Waals surface area contributed by atoms with Crippen molar-refractivity contribution in [1.82, 2.24) is 9.80 Å². The Morgan fingerprint density at radius 3 is 2.41 bits per heavy atom. The van der Waals surface area contributed by atoms with Crippen LogP contribution in [0.3, 0.4) is 0 Å². The highest BCUT2D eigenvalue weighted by Crippen LogP contribution is 2.29. The van der Waals surface area contributed by atoms with E-state index >= 15 is 0 Å². The molecular weight excluding hydrogens is 336 g/mol.